The first-order chi connectivity index (χ1) is 16.2. The van der Waals surface area contributed by atoms with Crippen LogP contribution in [-0.4, -0.2) is 34.4 Å². The molecular formula is C24H23N3O5S. The summed E-state index contributed by atoms with van der Waals surface area (Å²) in [6.45, 7) is 5.40. The number of hydrogen-bond donors (Lipinski definition) is 0. The number of benzene rings is 2. The van der Waals surface area contributed by atoms with Crippen molar-refractivity contribution >= 4 is 22.4 Å². The molecule has 4 aromatic rings. The number of hydrogen-bond acceptors (Lipinski definition) is 8. The van der Waals surface area contributed by atoms with Crippen LogP contribution in [0.15, 0.2) is 47.3 Å². The Labute approximate surface area is 194 Å². The Morgan fingerprint density at radius 2 is 2.00 bits per heavy atom. The lowest BCUT2D eigenvalue weighted by Gasteiger charge is -2.24. The normalized spacial score (nSPS) is 15.7. The van der Waals surface area contributed by atoms with E-state index in [-0.39, 0.29) is 12.2 Å². The van der Waals surface area contributed by atoms with Crippen LogP contribution in [0.4, 0.5) is 0 Å². The molecule has 8 nitrogen and oxygen atoms in total. The van der Waals surface area contributed by atoms with Gasteiger partial charge in [-0.2, -0.15) is 9.50 Å². The summed E-state index contributed by atoms with van der Waals surface area (Å²) >= 11 is 1.28. The third-order valence-corrected chi connectivity index (χ3v) is 5.98. The number of ether oxygens (including phenoxy) is 4. The summed E-state index contributed by atoms with van der Waals surface area (Å²) in [7, 11) is 0. The summed E-state index contributed by atoms with van der Waals surface area (Å²) in [5.41, 5.74) is 0.611. The van der Waals surface area contributed by atoms with Gasteiger partial charge >= 0.3 is 0 Å². The van der Waals surface area contributed by atoms with Crippen molar-refractivity contribution in [2.75, 3.05) is 19.8 Å². The summed E-state index contributed by atoms with van der Waals surface area (Å²) in [5.74, 6) is 3.11. The van der Waals surface area contributed by atoms with E-state index in [1.807, 2.05) is 55.5 Å². The topological polar surface area (TPSA) is 84.2 Å². The number of thiazole rings is 1. The molecule has 0 spiro atoms. The van der Waals surface area contributed by atoms with E-state index < -0.39 is 6.10 Å². The van der Waals surface area contributed by atoms with E-state index in [0.717, 1.165) is 12.0 Å². The van der Waals surface area contributed by atoms with E-state index in [4.69, 9.17) is 18.9 Å². The summed E-state index contributed by atoms with van der Waals surface area (Å²) in [5, 5.41) is 4.40. The Bertz CT molecular complexity index is 1400. The number of aromatic nitrogens is 3. The van der Waals surface area contributed by atoms with Gasteiger partial charge in [0.25, 0.3) is 5.56 Å². The number of nitrogens with zero attached hydrogens (tertiary/aromatic N) is 3. The molecule has 0 amide bonds. The van der Waals surface area contributed by atoms with Gasteiger partial charge in [-0.25, -0.2) is 0 Å². The molecule has 1 atom stereocenters. The molecule has 1 aliphatic heterocycles. The highest BCUT2D eigenvalue weighted by Gasteiger charge is 2.27. The fraction of sp³-hybridized carbons (Fsp3) is 0.292. The van der Waals surface area contributed by atoms with Gasteiger partial charge in [0.1, 0.15) is 6.61 Å². The maximum atomic E-state index is 13.0. The molecule has 33 heavy (non-hydrogen) atoms. The molecule has 3 heterocycles. The minimum atomic E-state index is -0.469. The highest BCUT2D eigenvalue weighted by Crippen LogP contribution is 2.35. The van der Waals surface area contributed by atoms with Gasteiger partial charge in [-0.15, -0.1) is 5.10 Å². The predicted molar refractivity (Wildman–Crippen MR) is 125 cm³/mol. The Kier molecular flexibility index (Phi) is 5.87. The third kappa shape index (κ3) is 4.23. The van der Waals surface area contributed by atoms with Gasteiger partial charge in [-0.1, -0.05) is 36.5 Å². The van der Waals surface area contributed by atoms with E-state index in [9.17, 15) is 4.79 Å². The first-order valence-corrected chi connectivity index (χ1v) is 11.7. The SMILES string of the molecule is CCCOc1ccc(/C=c2\sc3nc(C4COc5ccccc5O4)nn3c2=O)cc1OCC. The van der Waals surface area contributed by atoms with E-state index in [1.54, 1.807) is 0 Å². The molecule has 0 fully saturated rings. The average molecular weight is 466 g/mol. The molecule has 170 valence electrons. The minimum absolute atomic E-state index is 0.227. The van der Waals surface area contributed by atoms with Crippen LogP contribution in [0.5, 0.6) is 23.0 Å². The molecule has 0 radical (unpaired) electrons. The smallest absolute Gasteiger partial charge is 0.291 e. The fourth-order valence-electron chi connectivity index (χ4n) is 3.50. The van der Waals surface area contributed by atoms with Crippen molar-refractivity contribution in [1.82, 2.24) is 14.6 Å². The molecule has 1 aliphatic rings. The van der Waals surface area contributed by atoms with Gasteiger partial charge in [0.15, 0.2) is 34.9 Å². The minimum Gasteiger partial charge on any atom is -0.490 e. The standard InChI is InChI=1S/C24H23N3O5S/c1-3-11-30-17-10-9-15(12-19(17)29-4-2)13-21-23(28)27-24(33-21)25-22(26-27)20-14-31-16-7-5-6-8-18(16)32-20/h5-10,12-13,20H,3-4,11,14H2,1-2H3/b21-13-. The zero-order chi connectivity index (χ0) is 22.8. The van der Waals surface area contributed by atoms with Gasteiger partial charge in [0, 0.05) is 0 Å². The monoisotopic (exact) mass is 465 g/mol. The van der Waals surface area contributed by atoms with Crippen LogP contribution < -0.4 is 29.0 Å². The summed E-state index contributed by atoms with van der Waals surface area (Å²) in [6.07, 6.45) is 2.25. The molecule has 2 aromatic carbocycles. The molecule has 0 aliphatic carbocycles. The van der Waals surface area contributed by atoms with E-state index >= 15 is 0 Å². The van der Waals surface area contributed by atoms with Crippen molar-refractivity contribution < 1.29 is 18.9 Å². The summed E-state index contributed by atoms with van der Waals surface area (Å²) in [4.78, 5) is 18.0. The molecule has 2 aromatic heterocycles. The zero-order valence-electron chi connectivity index (χ0n) is 18.3. The molecular weight excluding hydrogens is 442 g/mol. The van der Waals surface area contributed by atoms with Gasteiger partial charge in [0.2, 0.25) is 4.96 Å². The Hall–Kier alpha value is -3.59. The summed E-state index contributed by atoms with van der Waals surface area (Å²) < 4.78 is 25.0. The number of fused-ring (bicyclic) bond motifs is 2. The van der Waals surface area contributed by atoms with E-state index in [2.05, 4.69) is 17.0 Å². The van der Waals surface area contributed by atoms with E-state index in [1.165, 1.54) is 15.9 Å². The fourth-order valence-corrected chi connectivity index (χ4v) is 4.41. The highest BCUT2D eigenvalue weighted by molar-refractivity contribution is 7.15. The van der Waals surface area contributed by atoms with Crippen molar-refractivity contribution in [2.45, 2.75) is 26.4 Å². The van der Waals surface area contributed by atoms with Crippen LogP contribution in [-0.2, 0) is 0 Å². The van der Waals surface area contributed by atoms with Gasteiger partial charge in [-0.3, -0.25) is 4.79 Å². The summed E-state index contributed by atoms with van der Waals surface area (Å²) in [6, 6.07) is 13.1. The number of para-hydroxylation sites is 2. The van der Waals surface area contributed by atoms with Crippen LogP contribution in [0, 0.1) is 0 Å². The first kappa shape index (κ1) is 21.3. The van der Waals surface area contributed by atoms with Crippen LogP contribution in [0.3, 0.4) is 0 Å². The molecule has 9 heteroatoms. The van der Waals surface area contributed by atoms with E-state index in [0.29, 0.717) is 51.5 Å². The largest absolute Gasteiger partial charge is 0.490 e. The van der Waals surface area contributed by atoms with Crippen LogP contribution in [0.2, 0.25) is 0 Å². The molecule has 5 rings (SSSR count). The molecule has 0 N–H and O–H groups in total. The van der Waals surface area contributed by atoms with Gasteiger partial charge in [0.05, 0.1) is 17.7 Å². The van der Waals surface area contributed by atoms with Crippen LogP contribution in [0.25, 0.3) is 11.0 Å². The first-order valence-electron chi connectivity index (χ1n) is 10.9. The van der Waals surface area contributed by atoms with Crippen molar-refractivity contribution in [3.05, 3.63) is 68.7 Å². The maximum Gasteiger partial charge on any atom is 0.291 e. The number of rotatable bonds is 7. The van der Waals surface area contributed by atoms with Gasteiger partial charge < -0.3 is 18.9 Å². The molecule has 0 saturated heterocycles. The lowest BCUT2D eigenvalue weighted by atomic mass is 10.2. The van der Waals surface area contributed by atoms with Crippen LogP contribution in [0.1, 0.15) is 37.8 Å². The maximum absolute atomic E-state index is 13.0. The second-order valence-electron chi connectivity index (χ2n) is 7.43. The lowest BCUT2D eigenvalue weighted by Crippen LogP contribution is -2.26. The van der Waals surface area contributed by atoms with Crippen molar-refractivity contribution in [2.24, 2.45) is 0 Å². The third-order valence-electron chi connectivity index (χ3n) is 5.02. The second kappa shape index (κ2) is 9.11. The van der Waals surface area contributed by atoms with Crippen LogP contribution >= 0.6 is 11.3 Å². The van der Waals surface area contributed by atoms with Gasteiger partial charge in [-0.05, 0) is 49.2 Å². The zero-order valence-corrected chi connectivity index (χ0v) is 19.1. The molecule has 0 bridgehead atoms. The second-order valence-corrected chi connectivity index (χ2v) is 8.44. The Morgan fingerprint density at radius 1 is 1.15 bits per heavy atom. The lowest BCUT2D eigenvalue weighted by molar-refractivity contribution is 0.0852. The van der Waals surface area contributed by atoms with Crippen molar-refractivity contribution in [3.8, 4) is 23.0 Å². The molecule has 0 saturated carbocycles. The quantitative estimate of drug-likeness (QED) is 0.414. The molecule has 1 unspecified atom stereocenters. The predicted octanol–water partition coefficient (Wildman–Crippen LogP) is 3.40. The van der Waals surface area contributed by atoms with Crippen molar-refractivity contribution in [1.29, 1.82) is 0 Å². The Balaban J connectivity index is 1.43. The highest BCUT2D eigenvalue weighted by atomic mass is 32.1. The van der Waals surface area contributed by atoms with Crippen molar-refractivity contribution in [3.63, 3.8) is 0 Å². The Morgan fingerprint density at radius 3 is 2.79 bits per heavy atom. The average Bonchev–Trinajstić information content (AvgIpc) is 3.38.